The van der Waals surface area contributed by atoms with Gasteiger partial charge in [-0.3, -0.25) is 4.79 Å². The summed E-state index contributed by atoms with van der Waals surface area (Å²) in [5.74, 6) is 1.64. The Labute approximate surface area is 167 Å². The lowest BCUT2D eigenvalue weighted by molar-refractivity contribution is -0.120. The Bertz CT molecular complexity index is 834. The molecule has 1 N–H and O–H groups in total. The van der Waals surface area contributed by atoms with Crippen molar-refractivity contribution in [3.63, 3.8) is 0 Å². The Morgan fingerprint density at radius 1 is 1.21 bits per heavy atom. The van der Waals surface area contributed by atoms with Crippen LogP contribution in [0.15, 0.2) is 36.5 Å². The number of amides is 1. The first-order valence-electron chi connectivity index (χ1n) is 10.3. The highest BCUT2D eigenvalue weighted by molar-refractivity contribution is 6.04. The number of carbonyl (C=O) groups excluding carboxylic acids is 1. The number of benzene rings is 1. The van der Waals surface area contributed by atoms with Crippen molar-refractivity contribution in [3.05, 3.63) is 42.1 Å². The SMILES string of the molecule is CC[C@@H]1C(=O)N(C)c2cnc(NC(C)c3ccccc3)nc2N1C1CCCC1. The van der Waals surface area contributed by atoms with Gasteiger partial charge in [0.05, 0.1) is 12.2 Å². The molecule has 0 saturated heterocycles. The van der Waals surface area contributed by atoms with E-state index in [4.69, 9.17) is 4.98 Å². The first-order chi connectivity index (χ1) is 13.6. The van der Waals surface area contributed by atoms with E-state index in [0.29, 0.717) is 12.0 Å². The number of rotatable bonds is 5. The molecule has 0 radical (unpaired) electrons. The second kappa shape index (κ2) is 7.78. The fourth-order valence-corrected chi connectivity index (χ4v) is 4.47. The van der Waals surface area contributed by atoms with Crippen LogP contribution in [0.25, 0.3) is 0 Å². The number of hydrogen-bond donors (Lipinski definition) is 1. The predicted molar refractivity (Wildman–Crippen MR) is 113 cm³/mol. The first-order valence-corrected chi connectivity index (χ1v) is 10.3. The molecule has 0 bridgehead atoms. The van der Waals surface area contributed by atoms with Crippen molar-refractivity contribution in [1.82, 2.24) is 9.97 Å². The average molecular weight is 380 g/mol. The fraction of sp³-hybridized carbons (Fsp3) is 0.500. The summed E-state index contributed by atoms with van der Waals surface area (Å²) in [6, 6.07) is 10.6. The van der Waals surface area contributed by atoms with Crippen LogP contribution in [0.3, 0.4) is 0 Å². The number of likely N-dealkylation sites (N-methyl/N-ethyl adjacent to an activating group) is 1. The van der Waals surface area contributed by atoms with Gasteiger partial charge in [-0.2, -0.15) is 4.98 Å². The molecular weight excluding hydrogens is 350 g/mol. The molecule has 1 fully saturated rings. The molecule has 1 aromatic heterocycles. The van der Waals surface area contributed by atoms with Gasteiger partial charge in [-0.25, -0.2) is 4.98 Å². The third-order valence-corrected chi connectivity index (χ3v) is 6.06. The number of aromatic nitrogens is 2. The van der Waals surface area contributed by atoms with Crippen molar-refractivity contribution in [2.75, 3.05) is 22.2 Å². The summed E-state index contributed by atoms with van der Waals surface area (Å²) in [7, 11) is 1.83. The molecule has 148 valence electrons. The molecule has 2 aromatic rings. The van der Waals surface area contributed by atoms with E-state index in [1.807, 2.05) is 25.2 Å². The van der Waals surface area contributed by atoms with Crippen LogP contribution in [0, 0.1) is 0 Å². The van der Waals surface area contributed by atoms with E-state index in [-0.39, 0.29) is 18.0 Å². The van der Waals surface area contributed by atoms with Crippen LogP contribution in [0.4, 0.5) is 17.5 Å². The molecule has 2 aliphatic rings. The predicted octanol–water partition coefficient (Wildman–Crippen LogP) is 4.15. The average Bonchev–Trinajstić information content (AvgIpc) is 3.25. The lowest BCUT2D eigenvalue weighted by Crippen LogP contribution is -2.55. The van der Waals surface area contributed by atoms with Gasteiger partial charge in [-0.15, -0.1) is 0 Å². The van der Waals surface area contributed by atoms with Gasteiger partial charge in [0.15, 0.2) is 5.82 Å². The monoisotopic (exact) mass is 379 g/mol. The molecule has 2 atom stereocenters. The molecule has 0 spiro atoms. The third-order valence-electron chi connectivity index (χ3n) is 6.06. The summed E-state index contributed by atoms with van der Waals surface area (Å²) in [5, 5.41) is 3.43. The smallest absolute Gasteiger partial charge is 0.249 e. The van der Waals surface area contributed by atoms with Crippen molar-refractivity contribution in [3.8, 4) is 0 Å². The lowest BCUT2D eigenvalue weighted by Gasteiger charge is -2.43. The van der Waals surface area contributed by atoms with Crippen molar-refractivity contribution in [1.29, 1.82) is 0 Å². The van der Waals surface area contributed by atoms with Gasteiger partial charge < -0.3 is 15.1 Å². The Kier molecular flexibility index (Phi) is 5.20. The first kappa shape index (κ1) is 18.7. The van der Waals surface area contributed by atoms with Gasteiger partial charge in [0.1, 0.15) is 11.7 Å². The minimum absolute atomic E-state index is 0.101. The van der Waals surface area contributed by atoms with Gasteiger partial charge in [-0.1, -0.05) is 50.1 Å². The number of nitrogens with one attached hydrogen (secondary N) is 1. The molecule has 6 nitrogen and oxygen atoms in total. The minimum Gasteiger partial charge on any atom is -0.348 e. The quantitative estimate of drug-likeness (QED) is 0.845. The molecule has 4 rings (SSSR count). The number of fused-ring (bicyclic) bond motifs is 1. The lowest BCUT2D eigenvalue weighted by atomic mass is 10.0. The highest BCUT2D eigenvalue weighted by Crippen LogP contribution is 2.39. The third kappa shape index (κ3) is 3.32. The van der Waals surface area contributed by atoms with Gasteiger partial charge in [-0.05, 0) is 31.7 Å². The number of carbonyl (C=O) groups is 1. The van der Waals surface area contributed by atoms with Crippen molar-refractivity contribution >= 4 is 23.4 Å². The summed E-state index contributed by atoms with van der Waals surface area (Å²) >= 11 is 0. The van der Waals surface area contributed by atoms with Crippen LogP contribution in [0.2, 0.25) is 0 Å². The van der Waals surface area contributed by atoms with Crippen LogP contribution >= 0.6 is 0 Å². The standard InChI is InChI=1S/C22H29N5O/c1-4-18-21(28)26(3)19-14-23-22(24-15(2)16-10-6-5-7-11-16)25-20(19)27(18)17-12-8-9-13-17/h5-7,10-11,14-15,17-18H,4,8-9,12-13H2,1-3H3,(H,23,24,25)/t15?,18-/m1/s1. The fourth-order valence-electron chi connectivity index (χ4n) is 4.47. The number of nitrogens with zero attached hydrogens (tertiary/aromatic N) is 4. The van der Waals surface area contributed by atoms with E-state index in [9.17, 15) is 4.79 Å². The van der Waals surface area contributed by atoms with Gasteiger partial charge >= 0.3 is 0 Å². The molecule has 1 unspecified atom stereocenters. The Morgan fingerprint density at radius 2 is 1.93 bits per heavy atom. The van der Waals surface area contributed by atoms with Crippen molar-refractivity contribution in [2.45, 2.75) is 64.1 Å². The van der Waals surface area contributed by atoms with E-state index < -0.39 is 0 Å². The second-order valence-electron chi connectivity index (χ2n) is 7.85. The maximum absolute atomic E-state index is 12.9. The van der Waals surface area contributed by atoms with Crippen molar-refractivity contribution < 1.29 is 4.79 Å². The molecule has 1 aliphatic carbocycles. The molecular formula is C22H29N5O. The molecule has 28 heavy (non-hydrogen) atoms. The summed E-state index contributed by atoms with van der Waals surface area (Å²) < 4.78 is 0. The van der Waals surface area contributed by atoms with Crippen LogP contribution in [0.5, 0.6) is 0 Å². The second-order valence-corrected chi connectivity index (χ2v) is 7.85. The minimum atomic E-state index is -0.144. The molecule has 2 heterocycles. The van der Waals surface area contributed by atoms with E-state index >= 15 is 0 Å². The van der Waals surface area contributed by atoms with Crippen molar-refractivity contribution in [2.24, 2.45) is 0 Å². The highest BCUT2D eigenvalue weighted by Gasteiger charge is 2.41. The number of hydrogen-bond acceptors (Lipinski definition) is 5. The molecule has 6 heteroatoms. The molecule has 1 aliphatic heterocycles. The maximum atomic E-state index is 12.9. The molecule has 1 saturated carbocycles. The van der Waals surface area contributed by atoms with Crippen LogP contribution in [0.1, 0.15) is 57.6 Å². The Morgan fingerprint density at radius 3 is 2.61 bits per heavy atom. The van der Waals surface area contributed by atoms with Crippen LogP contribution in [-0.4, -0.2) is 35.0 Å². The van der Waals surface area contributed by atoms with Gasteiger partial charge in [0, 0.05) is 13.1 Å². The molecule has 1 aromatic carbocycles. The Hall–Kier alpha value is -2.63. The zero-order valence-corrected chi connectivity index (χ0v) is 16.9. The topological polar surface area (TPSA) is 61.4 Å². The summed E-state index contributed by atoms with van der Waals surface area (Å²) in [5.41, 5.74) is 2.00. The van der Waals surface area contributed by atoms with Gasteiger partial charge in [0.25, 0.3) is 0 Å². The van der Waals surface area contributed by atoms with Crippen LogP contribution < -0.4 is 15.1 Å². The zero-order chi connectivity index (χ0) is 19.7. The number of anilines is 3. The maximum Gasteiger partial charge on any atom is 0.249 e. The van der Waals surface area contributed by atoms with E-state index in [2.05, 4.69) is 41.2 Å². The normalized spacial score (nSPS) is 21.0. The van der Waals surface area contributed by atoms with E-state index in [1.165, 1.54) is 18.4 Å². The van der Waals surface area contributed by atoms with E-state index in [1.54, 1.807) is 11.1 Å². The molecule has 1 amide bonds. The largest absolute Gasteiger partial charge is 0.348 e. The summed E-state index contributed by atoms with van der Waals surface area (Å²) in [6.45, 7) is 4.19. The summed E-state index contributed by atoms with van der Waals surface area (Å²) in [4.78, 5) is 26.4. The van der Waals surface area contributed by atoms with E-state index in [0.717, 1.165) is 30.8 Å². The zero-order valence-electron chi connectivity index (χ0n) is 16.9. The van der Waals surface area contributed by atoms with Gasteiger partial charge in [0.2, 0.25) is 11.9 Å². The Balaban J connectivity index is 1.68. The highest BCUT2D eigenvalue weighted by atomic mass is 16.2. The summed E-state index contributed by atoms with van der Waals surface area (Å²) in [6.07, 6.45) is 7.26. The van der Waals surface area contributed by atoms with Crippen LogP contribution in [-0.2, 0) is 4.79 Å².